The second kappa shape index (κ2) is 11.1. The number of aliphatic hydroxyl groups is 1. The summed E-state index contributed by atoms with van der Waals surface area (Å²) < 4.78 is 4.34. The van der Waals surface area contributed by atoms with Crippen molar-refractivity contribution >= 4 is 5.97 Å². The van der Waals surface area contributed by atoms with Gasteiger partial charge in [0.05, 0.1) is 19.3 Å². The van der Waals surface area contributed by atoms with E-state index in [1.807, 2.05) is 6.08 Å². The van der Waals surface area contributed by atoms with Crippen LogP contribution >= 0.6 is 0 Å². The molecule has 0 aliphatic rings. The van der Waals surface area contributed by atoms with Gasteiger partial charge in [0.2, 0.25) is 0 Å². The average molecular weight is 338 g/mol. The van der Waals surface area contributed by atoms with Gasteiger partial charge >= 0.3 is 5.97 Å². The van der Waals surface area contributed by atoms with Crippen molar-refractivity contribution in [2.75, 3.05) is 13.7 Å². The van der Waals surface area contributed by atoms with Crippen molar-refractivity contribution in [3.05, 3.63) is 41.0 Å². The minimum absolute atomic E-state index is 0.0321. The number of carbonyl (C=O) groups is 1. The largest absolute Gasteiger partial charge is 0.504 e. The van der Waals surface area contributed by atoms with E-state index in [1.165, 1.54) is 18.3 Å². The minimum atomic E-state index is -0.703. The van der Waals surface area contributed by atoms with Crippen molar-refractivity contribution in [2.24, 2.45) is 0 Å². The summed E-state index contributed by atoms with van der Waals surface area (Å²) in [6.07, 6.45) is 6.23. The highest BCUT2D eigenvalue weighted by molar-refractivity contribution is 5.90. The van der Waals surface area contributed by atoms with E-state index in [0.29, 0.717) is 0 Å². The summed E-state index contributed by atoms with van der Waals surface area (Å²) in [5, 5.41) is 35.5. The molecule has 0 spiro atoms. The summed E-state index contributed by atoms with van der Waals surface area (Å²) in [5.74, 6) is -2.50. The highest BCUT2D eigenvalue weighted by Crippen LogP contribution is 2.35. The molecule has 4 N–H and O–H groups in total. The molecule has 1 aromatic carbocycles. The molecule has 6 heteroatoms. The zero-order chi connectivity index (χ0) is 18.7. The van der Waals surface area contributed by atoms with Gasteiger partial charge in [0.25, 0.3) is 0 Å². The maximum atomic E-state index is 10.9. The van der Waals surface area contributed by atoms with E-state index in [-0.39, 0.29) is 12.2 Å². The zero-order valence-corrected chi connectivity index (χ0v) is 14.5. The first-order valence-electron chi connectivity index (χ1n) is 7.46. The lowest BCUT2D eigenvalue weighted by molar-refractivity contribution is 0.0599. The summed E-state index contributed by atoms with van der Waals surface area (Å²) in [6.45, 7) is 6.42. The van der Waals surface area contributed by atoms with Gasteiger partial charge in [-0.05, 0) is 45.7 Å². The number of aromatic hydroxyl groups is 3. The van der Waals surface area contributed by atoms with Crippen LogP contribution in [0, 0.1) is 0 Å². The Labute approximate surface area is 142 Å². The van der Waals surface area contributed by atoms with Crippen LogP contribution < -0.4 is 0 Å². The molecule has 0 radical (unpaired) electrons. The summed E-state index contributed by atoms with van der Waals surface area (Å²) in [7, 11) is 1.17. The van der Waals surface area contributed by atoms with Gasteiger partial charge in [-0.15, -0.1) is 0 Å². The second-order valence-electron chi connectivity index (χ2n) is 5.41. The summed E-state index contributed by atoms with van der Waals surface area (Å²) in [4.78, 5) is 10.9. The Kier molecular flexibility index (Phi) is 9.98. The molecule has 134 valence electrons. The minimum Gasteiger partial charge on any atom is -0.504 e. The fourth-order valence-electron chi connectivity index (χ4n) is 1.69. The lowest BCUT2D eigenvalue weighted by atomic mass is 10.1. The molecule has 1 rings (SSSR count). The monoisotopic (exact) mass is 338 g/mol. The number of benzene rings is 1. The molecule has 0 bridgehead atoms. The quantitative estimate of drug-likeness (QED) is 0.373. The number of phenolic OH excluding ortho intramolecular Hbond substituents is 3. The van der Waals surface area contributed by atoms with E-state index in [0.717, 1.165) is 25.0 Å². The molecule has 0 amide bonds. The first kappa shape index (κ1) is 21.5. The SMILES string of the molecule is CC(C)=CCCC(C)=CCO.COC(=O)c1cc(O)c(O)c(O)c1. The molecule has 0 aromatic heterocycles. The molecule has 0 heterocycles. The lowest BCUT2D eigenvalue weighted by Gasteiger charge is -2.03. The fraction of sp³-hybridized carbons (Fsp3) is 0.389. The lowest BCUT2D eigenvalue weighted by Crippen LogP contribution is -2.00. The van der Waals surface area contributed by atoms with E-state index < -0.39 is 23.2 Å². The Balaban J connectivity index is 0.000000449. The first-order valence-corrected chi connectivity index (χ1v) is 7.46. The standard InChI is InChI=1S/C10H18O.C8H8O5/c1-9(2)5-4-6-10(3)7-8-11;1-13-8(12)4-2-5(9)7(11)6(10)3-4/h5,7,11H,4,6,8H2,1-3H3;2-3,9-11H,1H3. The fourth-order valence-corrected chi connectivity index (χ4v) is 1.69. The molecule has 24 heavy (non-hydrogen) atoms. The number of methoxy groups -OCH3 is 1. The van der Waals surface area contributed by atoms with E-state index in [4.69, 9.17) is 20.4 Å². The maximum absolute atomic E-state index is 10.9. The van der Waals surface area contributed by atoms with Gasteiger partial charge in [-0.1, -0.05) is 23.3 Å². The van der Waals surface area contributed by atoms with Crippen LogP contribution in [-0.2, 0) is 4.74 Å². The summed E-state index contributed by atoms with van der Waals surface area (Å²) >= 11 is 0. The topological polar surface area (TPSA) is 107 Å². The average Bonchev–Trinajstić information content (AvgIpc) is 2.51. The molecular formula is C18H26O6. The summed E-state index contributed by atoms with van der Waals surface area (Å²) in [5.41, 5.74) is 2.60. The highest BCUT2D eigenvalue weighted by atomic mass is 16.5. The van der Waals surface area contributed by atoms with E-state index in [1.54, 1.807) is 0 Å². The smallest absolute Gasteiger partial charge is 0.338 e. The number of hydrogen-bond acceptors (Lipinski definition) is 6. The number of allylic oxidation sites excluding steroid dienone is 3. The third-order valence-electron chi connectivity index (χ3n) is 3.02. The summed E-state index contributed by atoms with van der Waals surface area (Å²) in [6, 6.07) is 2.00. The van der Waals surface area contributed by atoms with E-state index in [2.05, 4.69) is 31.6 Å². The number of aliphatic hydroxyl groups excluding tert-OH is 1. The number of ether oxygens (including phenoxy) is 1. The molecule has 1 aromatic rings. The van der Waals surface area contributed by atoms with Crippen LogP contribution in [-0.4, -0.2) is 40.1 Å². The van der Waals surface area contributed by atoms with E-state index >= 15 is 0 Å². The van der Waals surface area contributed by atoms with Crippen LogP contribution in [0.5, 0.6) is 17.2 Å². The van der Waals surface area contributed by atoms with Gasteiger partial charge in [-0.25, -0.2) is 4.79 Å². The highest BCUT2D eigenvalue weighted by Gasteiger charge is 2.13. The Morgan fingerprint density at radius 3 is 2.04 bits per heavy atom. The molecule has 0 saturated heterocycles. The van der Waals surface area contributed by atoms with Crippen molar-refractivity contribution in [1.82, 2.24) is 0 Å². The van der Waals surface area contributed by atoms with Crippen LogP contribution in [0.15, 0.2) is 35.4 Å². The maximum Gasteiger partial charge on any atom is 0.338 e. The van der Waals surface area contributed by atoms with Gasteiger partial charge in [0, 0.05) is 0 Å². The van der Waals surface area contributed by atoms with Crippen LogP contribution in [0.2, 0.25) is 0 Å². The van der Waals surface area contributed by atoms with Gasteiger partial charge in [-0.3, -0.25) is 0 Å². The molecule has 0 saturated carbocycles. The molecule has 6 nitrogen and oxygen atoms in total. The van der Waals surface area contributed by atoms with Gasteiger partial charge in [0.1, 0.15) is 0 Å². The first-order chi connectivity index (χ1) is 11.2. The van der Waals surface area contributed by atoms with Crippen LogP contribution in [0.3, 0.4) is 0 Å². The van der Waals surface area contributed by atoms with Crippen LogP contribution in [0.25, 0.3) is 0 Å². The van der Waals surface area contributed by atoms with Crippen LogP contribution in [0.1, 0.15) is 44.0 Å². The Hall–Kier alpha value is -2.47. The van der Waals surface area contributed by atoms with Crippen molar-refractivity contribution in [1.29, 1.82) is 0 Å². The van der Waals surface area contributed by atoms with Crippen molar-refractivity contribution < 1.29 is 30.0 Å². The molecule has 0 aliphatic carbocycles. The molecule has 0 atom stereocenters. The molecule has 0 aliphatic heterocycles. The Bertz CT molecular complexity index is 575. The van der Waals surface area contributed by atoms with Gasteiger partial charge in [0.15, 0.2) is 17.2 Å². The zero-order valence-electron chi connectivity index (χ0n) is 14.5. The number of carbonyl (C=O) groups excluding carboxylic acids is 1. The second-order valence-corrected chi connectivity index (χ2v) is 5.41. The Morgan fingerprint density at radius 2 is 1.62 bits per heavy atom. The van der Waals surface area contributed by atoms with E-state index in [9.17, 15) is 4.79 Å². The van der Waals surface area contributed by atoms with Gasteiger partial charge < -0.3 is 25.2 Å². The van der Waals surface area contributed by atoms with Crippen molar-refractivity contribution in [3.8, 4) is 17.2 Å². The van der Waals surface area contributed by atoms with Crippen molar-refractivity contribution in [3.63, 3.8) is 0 Å². The van der Waals surface area contributed by atoms with Gasteiger partial charge in [-0.2, -0.15) is 0 Å². The number of rotatable bonds is 5. The number of esters is 1. The van der Waals surface area contributed by atoms with Crippen LogP contribution in [0.4, 0.5) is 0 Å². The Morgan fingerprint density at radius 1 is 1.08 bits per heavy atom. The number of hydrogen-bond donors (Lipinski definition) is 4. The third-order valence-corrected chi connectivity index (χ3v) is 3.02. The normalized spacial score (nSPS) is 10.5. The molecular weight excluding hydrogens is 312 g/mol. The third kappa shape index (κ3) is 8.24. The predicted octanol–water partition coefficient (Wildman–Crippen LogP) is 3.26. The predicted molar refractivity (Wildman–Crippen MR) is 92.3 cm³/mol. The number of phenols is 3. The molecule has 0 unspecified atom stereocenters. The van der Waals surface area contributed by atoms with Crippen molar-refractivity contribution in [2.45, 2.75) is 33.6 Å². The molecule has 0 fully saturated rings.